The molecule has 0 amide bonds. The Morgan fingerprint density at radius 1 is 1.29 bits per heavy atom. The Labute approximate surface area is 167 Å². The molecule has 1 aliphatic heterocycles. The van der Waals surface area contributed by atoms with Crippen LogP contribution in [0, 0.1) is 0 Å². The van der Waals surface area contributed by atoms with E-state index in [1.165, 1.54) is 5.56 Å². The first-order valence-corrected chi connectivity index (χ1v) is 8.58. The van der Waals surface area contributed by atoms with Crippen molar-refractivity contribution in [1.29, 1.82) is 0 Å². The maximum absolute atomic E-state index is 12.2. The number of nitrogens with one attached hydrogen (secondary N) is 2. The number of benzene rings is 1. The number of halogens is 4. The zero-order chi connectivity index (χ0) is 16.7. The van der Waals surface area contributed by atoms with Gasteiger partial charge in [0.2, 0.25) is 0 Å². The molecule has 1 aliphatic rings. The lowest BCUT2D eigenvalue weighted by atomic mass is 10.0. The molecular formula is C16H24BrF2IN4. The summed E-state index contributed by atoms with van der Waals surface area (Å²) in [7, 11) is 1.60. The van der Waals surface area contributed by atoms with Gasteiger partial charge in [-0.3, -0.25) is 9.89 Å². The molecule has 2 rings (SSSR count). The summed E-state index contributed by atoms with van der Waals surface area (Å²) in [5, 5.41) is 5.87. The highest BCUT2D eigenvalue weighted by atomic mass is 127. The first-order chi connectivity index (χ1) is 11.1. The van der Waals surface area contributed by atoms with E-state index in [1.54, 1.807) is 7.05 Å². The highest BCUT2D eigenvalue weighted by Gasteiger charge is 2.20. The van der Waals surface area contributed by atoms with Crippen LogP contribution in [0.2, 0.25) is 0 Å². The quantitative estimate of drug-likeness (QED) is 0.357. The van der Waals surface area contributed by atoms with Crippen LogP contribution in [0.5, 0.6) is 0 Å². The number of piperidine rings is 1. The van der Waals surface area contributed by atoms with Gasteiger partial charge in [0.1, 0.15) is 0 Å². The van der Waals surface area contributed by atoms with E-state index in [9.17, 15) is 8.78 Å². The molecule has 0 spiro atoms. The van der Waals surface area contributed by atoms with Crippen molar-refractivity contribution in [2.24, 2.45) is 4.99 Å². The molecule has 1 heterocycles. The van der Waals surface area contributed by atoms with Crippen molar-refractivity contribution in [1.82, 2.24) is 15.5 Å². The van der Waals surface area contributed by atoms with Crippen molar-refractivity contribution in [2.75, 3.05) is 26.7 Å². The van der Waals surface area contributed by atoms with Crippen LogP contribution in [0.15, 0.2) is 33.7 Å². The van der Waals surface area contributed by atoms with Crippen LogP contribution in [0.4, 0.5) is 8.78 Å². The van der Waals surface area contributed by atoms with Gasteiger partial charge in [0.25, 0.3) is 6.43 Å². The summed E-state index contributed by atoms with van der Waals surface area (Å²) >= 11 is 3.44. The number of alkyl halides is 2. The molecule has 0 radical (unpaired) electrons. The van der Waals surface area contributed by atoms with E-state index < -0.39 is 6.43 Å². The van der Waals surface area contributed by atoms with Crippen LogP contribution in [-0.2, 0) is 6.54 Å². The lowest BCUT2D eigenvalue weighted by molar-refractivity contribution is 0.151. The highest BCUT2D eigenvalue weighted by molar-refractivity contribution is 14.0. The second-order valence-electron chi connectivity index (χ2n) is 5.67. The number of rotatable bonds is 5. The highest BCUT2D eigenvalue weighted by Crippen LogP contribution is 2.16. The van der Waals surface area contributed by atoms with Crippen molar-refractivity contribution in [3.05, 3.63) is 34.3 Å². The van der Waals surface area contributed by atoms with Crippen LogP contribution in [-0.4, -0.2) is 50.0 Å². The Bertz CT molecular complexity index is 505. The summed E-state index contributed by atoms with van der Waals surface area (Å²) < 4.78 is 25.6. The van der Waals surface area contributed by atoms with E-state index >= 15 is 0 Å². The van der Waals surface area contributed by atoms with Crippen molar-refractivity contribution >= 4 is 45.9 Å². The number of aliphatic imine (C=N–C) groups is 1. The zero-order valence-corrected chi connectivity index (χ0v) is 17.6. The summed E-state index contributed by atoms with van der Waals surface area (Å²) in [6, 6.07) is 8.65. The van der Waals surface area contributed by atoms with E-state index in [0.717, 1.165) is 36.9 Å². The number of likely N-dealkylation sites (tertiary alicyclic amines) is 1. The second-order valence-corrected chi connectivity index (χ2v) is 6.58. The lowest BCUT2D eigenvalue weighted by Gasteiger charge is -2.33. The van der Waals surface area contributed by atoms with Gasteiger partial charge < -0.3 is 10.6 Å². The van der Waals surface area contributed by atoms with Crippen LogP contribution < -0.4 is 10.6 Å². The fourth-order valence-corrected chi connectivity index (χ4v) is 2.91. The Hall–Kier alpha value is -0.480. The molecule has 8 heteroatoms. The van der Waals surface area contributed by atoms with E-state index in [2.05, 4.69) is 60.7 Å². The van der Waals surface area contributed by atoms with Crippen molar-refractivity contribution in [3.63, 3.8) is 0 Å². The average Bonchev–Trinajstić information content (AvgIpc) is 2.55. The largest absolute Gasteiger partial charge is 0.354 e. The van der Waals surface area contributed by atoms with Gasteiger partial charge in [-0.2, -0.15) is 0 Å². The summed E-state index contributed by atoms with van der Waals surface area (Å²) in [6.07, 6.45) is -0.418. The molecule has 0 saturated carbocycles. The Kier molecular flexibility index (Phi) is 10.1. The molecule has 1 saturated heterocycles. The number of guanidine groups is 1. The average molecular weight is 517 g/mol. The normalized spacial score (nSPS) is 16.8. The van der Waals surface area contributed by atoms with Gasteiger partial charge in [0, 0.05) is 37.2 Å². The van der Waals surface area contributed by atoms with Crippen LogP contribution in [0.25, 0.3) is 0 Å². The molecule has 0 atom stereocenters. The van der Waals surface area contributed by atoms with Gasteiger partial charge in [0.15, 0.2) is 5.96 Å². The van der Waals surface area contributed by atoms with E-state index in [4.69, 9.17) is 0 Å². The predicted molar refractivity (Wildman–Crippen MR) is 108 cm³/mol. The number of nitrogens with zero attached hydrogens (tertiary/aromatic N) is 2. The van der Waals surface area contributed by atoms with Gasteiger partial charge in [-0.05, 0) is 30.5 Å². The van der Waals surface area contributed by atoms with Crippen molar-refractivity contribution in [3.8, 4) is 0 Å². The third-order valence-electron chi connectivity index (χ3n) is 3.90. The Balaban J connectivity index is 0.00000288. The van der Waals surface area contributed by atoms with Crippen LogP contribution in [0.1, 0.15) is 18.4 Å². The standard InChI is InChI=1S/C16H23BrF2N4.HI/c1-20-16(21-10-15(18)19)22-14-6-8-23(9-7-14)11-12-2-4-13(17)5-3-12;/h2-5,14-15H,6-11H2,1H3,(H2,20,21,22);1H. The van der Waals surface area contributed by atoms with Crippen molar-refractivity contribution in [2.45, 2.75) is 31.9 Å². The molecule has 1 aromatic carbocycles. The topological polar surface area (TPSA) is 39.7 Å². The molecule has 0 unspecified atom stereocenters. The molecule has 0 aliphatic carbocycles. The molecule has 24 heavy (non-hydrogen) atoms. The third kappa shape index (κ3) is 7.60. The molecule has 0 bridgehead atoms. The minimum atomic E-state index is -2.37. The fourth-order valence-electron chi connectivity index (χ4n) is 2.65. The van der Waals surface area contributed by atoms with Gasteiger partial charge >= 0.3 is 0 Å². The lowest BCUT2D eigenvalue weighted by Crippen LogP contribution is -2.49. The minimum Gasteiger partial charge on any atom is -0.354 e. The molecule has 2 N–H and O–H groups in total. The first kappa shape index (κ1) is 21.6. The molecule has 0 aromatic heterocycles. The van der Waals surface area contributed by atoms with E-state index in [0.29, 0.717) is 5.96 Å². The molecule has 136 valence electrons. The third-order valence-corrected chi connectivity index (χ3v) is 4.42. The van der Waals surface area contributed by atoms with E-state index in [-0.39, 0.29) is 36.6 Å². The maximum atomic E-state index is 12.2. The van der Waals surface area contributed by atoms with Gasteiger partial charge in [-0.1, -0.05) is 28.1 Å². The summed E-state index contributed by atoms with van der Waals surface area (Å²) in [5.41, 5.74) is 1.30. The second kappa shape index (κ2) is 11.2. The summed E-state index contributed by atoms with van der Waals surface area (Å²) in [4.78, 5) is 6.41. The number of hydrogen-bond acceptors (Lipinski definition) is 2. The molecule has 4 nitrogen and oxygen atoms in total. The smallest absolute Gasteiger partial charge is 0.255 e. The summed E-state index contributed by atoms with van der Waals surface area (Å²) in [6.45, 7) is 2.54. The van der Waals surface area contributed by atoms with Gasteiger partial charge in [-0.25, -0.2) is 8.78 Å². The van der Waals surface area contributed by atoms with Gasteiger partial charge in [0.05, 0.1) is 6.54 Å². The molecular weight excluding hydrogens is 493 g/mol. The maximum Gasteiger partial charge on any atom is 0.255 e. The van der Waals surface area contributed by atoms with E-state index in [1.807, 2.05) is 0 Å². The SMILES string of the molecule is CN=C(NCC(F)F)NC1CCN(Cc2ccc(Br)cc2)CC1.I. The summed E-state index contributed by atoms with van der Waals surface area (Å²) in [5.74, 6) is 0.455. The van der Waals surface area contributed by atoms with Crippen LogP contribution in [0.3, 0.4) is 0 Å². The number of hydrogen-bond donors (Lipinski definition) is 2. The fraction of sp³-hybridized carbons (Fsp3) is 0.562. The molecule has 1 aromatic rings. The van der Waals surface area contributed by atoms with Crippen molar-refractivity contribution < 1.29 is 8.78 Å². The monoisotopic (exact) mass is 516 g/mol. The van der Waals surface area contributed by atoms with Crippen LogP contribution >= 0.6 is 39.9 Å². The Morgan fingerprint density at radius 3 is 2.46 bits per heavy atom. The zero-order valence-electron chi connectivity index (χ0n) is 13.6. The minimum absolute atomic E-state index is 0. The van der Waals surface area contributed by atoms with Gasteiger partial charge in [-0.15, -0.1) is 24.0 Å². The Morgan fingerprint density at radius 2 is 1.92 bits per heavy atom. The first-order valence-electron chi connectivity index (χ1n) is 7.79. The molecule has 1 fully saturated rings. The predicted octanol–water partition coefficient (Wildman–Crippen LogP) is 3.46.